The van der Waals surface area contributed by atoms with Crippen molar-refractivity contribution in [2.24, 2.45) is 0 Å². The number of fused-ring (bicyclic) bond motifs is 1. The Labute approximate surface area is 112 Å². The lowest BCUT2D eigenvalue weighted by Gasteiger charge is -2.32. The van der Waals surface area contributed by atoms with Gasteiger partial charge in [-0.05, 0) is 30.2 Å². The van der Waals surface area contributed by atoms with E-state index in [1.54, 1.807) is 19.1 Å². The molecule has 1 heterocycles. The second-order valence-electron chi connectivity index (χ2n) is 4.93. The zero-order chi connectivity index (χ0) is 14.0. The SMILES string of the molecule is COc1cc2c(cc1O)CN(CCC(C)=O)C[C@H]2O. The molecule has 2 N–H and O–H groups in total. The Morgan fingerprint density at radius 2 is 2.26 bits per heavy atom. The summed E-state index contributed by atoms with van der Waals surface area (Å²) in [4.78, 5) is 13.0. The van der Waals surface area contributed by atoms with E-state index in [9.17, 15) is 15.0 Å². The molecule has 19 heavy (non-hydrogen) atoms. The van der Waals surface area contributed by atoms with Crippen LogP contribution >= 0.6 is 0 Å². The van der Waals surface area contributed by atoms with Crippen molar-refractivity contribution < 1.29 is 19.7 Å². The van der Waals surface area contributed by atoms with Crippen molar-refractivity contribution >= 4 is 5.78 Å². The summed E-state index contributed by atoms with van der Waals surface area (Å²) in [7, 11) is 1.48. The Balaban J connectivity index is 2.19. The van der Waals surface area contributed by atoms with Crippen molar-refractivity contribution in [2.45, 2.75) is 26.0 Å². The molecule has 0 bridgehead atoms. The topological polar surface area (TPSA) is 70.0 Å². The lowest BCUT2D eigenvalue weighted by Crippen LogP contribution is -2.34. The van der Waals surface area contributed by atoms with E-state index < -0.39 is 6.10 Å². The zero-order valence-electron chi connectivity index (χ0n) is 11.2. The van der Waals surface area contributed by atoms with E-state index in [-0.39, 0.29) is 11.5 Å². The van der Waals surface area contributed by atoms with Crippen molar-refractivity contribution in [3.63, 3.8) is 0 Å². The molecule has 1 aliphatic heterocycles. The lowest BCUT2D eigenvalue weighted by molar-refractivity contribution is -0.117. The number of hydrogen-bond acceptors (Lipinski definition) is 5. The molecule has 0 aromatic heterocycles. The largest absolute Gasteiger partial charge is 0.504 e. The second kappa shape index (κ2) is 5.59. The Bertz CT molecular complexity index is 487. The van der Waals surface area contributed by atoms with E-state index in [0.29, 0.717) is 31.8 Å². The van der Waals surface area contributed by atoms with Gasteiger partial charge in [0.2, 0.25) is 0 Å². The van der Waals surface area contributed by atoms with Crippen molar-refractivity contribution in [2.75, 3.05) is 20.2 Å². The third-order valence-electron chi connectivity index (χ3n) is 3.40. The monoisotopic (exact) mass is 265 g/mol. The third-order valence-corrected chi connectivity index (χ3v) is 3.40. The van der Waals surface area contributed by atoms with Crippen molar-refractivity contribution in [3.8, 4) is 11.5 Å². The van der Waals surface area contributed by atoms with Gasteiger partial charge in [-0.15, -0.1) is 0 Å². The molecular weight excluding hydrogens is 246 g/mol. The summed E-state index contributed by atoms with van der Waals surface area (Å²) in [5, 5.41) is 19.9. The van der Waals surface area contributed by atoms with E-state index in [1.165, 1.54) is 7.11 Å². The summed E-state index contributed by atoms with van der Waals surface area (Å²) in [6, 6.07) is 3.30. The van der Waals surface area contributed by atoms with Gasteiger partial charge in [-0.1, -0.05) is 0 Å². The number of aliphatic hydroxyl groups excluding tert-OH is 1. The highest BCUT2D eigenvalue weighted by molar-refractivity contribution is 5.75. The van der Waals surface area contributed by atoms with Crippen LogP contribution in [0.15, 0.2) is 12.1 Å². The number of ether oxygens (including phenoxy) is 1. The first-order valence-corrected chi connectivity index (χ1v) is 6.31. The van der Waals surface area contributed by atoms with Gasteiger partial charge >= 0.3 is 0 Å². The average molecular weight is 265 g/mol. The number of phenolic OH excluding ortho intramolecular Hbond substituents is 1. The molecule has 0 unspecified atom stereocenters. The number of benzene rings is 1. The normalized spacial score (nSPS) is 19.0. The summed E-state index contributed by atoms with van der Waals surface area (Å²) >= 11 is 0. The highest BCUT2D eigenvalue weighted by Crippen LogP contribution is 2.35. The van der Waals surface area contributed by atoms with Crippen LogP contribution in [-0.2, 0) is 11.3 Å². The maximum atomic E-state index is 11.0. The number of hydrogen-bond donors (Lipinski definition) is 2. The van der Waals surface area contributed by atoms with Gasteiger partial charge in [-0.2, -0.15) is 0 Å². The molecule has 1 aromatic rings. The number of nitrogens with zero attached hydrogens (tertiary/aromatic N) is 1. The second-order valence-corrected chi connectivity index (χ2v) is 4.93. The van der Waals surface area contributed by atoms with E-state index in [1.807, 2.05) is 4.90 Å². The van der Waals surface area contributed by atoms with Crippen LogP contribution in [0.3, 0.4) is 0 Å². The van der Waals surface area contributed by atoms with Gasteiger partial charge in [0.05, 0.1) is 13.2 Å². The third kappa shape index (κ3) is 3.05. The Morgan fingerprint density at radius 1 is 1.53 bits per heavy atom. The van der Waals surface area contributed by atoms with E-state index >= 15 is 0 Å². The minimum Gasteiger partial charge on any atom is -0.504 e. The van der Waals surface area contributed by atoms with E-state index in [2.05, 4.69) is 0 Å². The van der Waals surface area contributed by atoms with Gasteiger partial charge in [0, 0.05) is 26.1 Å². The van der Waals surface area contributed by atoms with Gasteiger partial charge in [0.1, 0.15) is 5.78 Å². The highest BCUT2D eigenvalue weighted by Gasteiger charge is 2.25. The summed E-state index contributed by atoms with van der Waals surface area (Å²) < 4.78 is 5.05. The first-order chi connectivity index (χ1) is 9.01. The van der Waals surface area contributed by atoms with Crippen molar-refractivity contribution in [1.29, 1.82) is 0 Å². The average Bonchev–Trinajstić information content (AvgIpc) is 2.35. The molecule has 0 saturated carbocycles. The molecule has 1 atom stereocenters. The highest BCUT2D eigenvalue weighted by atomic mass is 16.5. The maximum Gasteiger partial charge on any atom is 0.160 e. The standard InChI is InChI=1S/C14H19NO4/c1-9(16)3-4-15-7-10-5-12(17)14(19-2)6-11(10)13(18)8-15/h5-6,13,17-18H,3-4,7-8H2,1-2H3/t13-/m1/s1. The van der Waals surface area contributed by atoms with Crippen molar-refractivity contribution in [1.82, 2.24) is 4.90 Å². The zero-order valence-corrected chi connectivity index (χ0v) is 11.2. The van der Waals surface area contributed by atoms with Crippen LogP contribution in [0.25, 0.3) is 0 Å². The van der Waals surface area contributed by atoms with Crippen molar-refractivity contribution in [3.05, 3.63) is 23.3 Å². The molecule has 0 fully saturated rings. The number of carbonyl (C=O) groups excluding carboxylic acids is 1. The number of rotatable bonds is 4. The van der Waals surface area contributed by atoms with E-state index in [0.717, 1.165) is 11.1 Å². The molecule has 2 rings (SSSR count). The molecule has 0 aliphatic carbocycles. The van der Waals surface area contributed by atoms with Gasteiger partial charge in [0.25, 0.3) is 0 Å². The van der Waals surface area contributed by atoms with Crippen LogP contribution < -0.4 is 4.74 Å². The fourth-order valence-corrected chi connectivity index (χ4v) is 2.37. The number of carbonyl (C=O) groups is 1. The van der Waals surface area contributed by atoms with Crippen LogP contribution in [0.4, 0.5) is 0 Å². The summed E-state index contributed by atoms with van der Waals surface area (Å²) in [6.45, 7) is 3.30. The lowest BCUT2D eigenvalue weighted by atomic mass is 9.96. The minimum atomic E-state index is -0.620. The number of aromatic hydroxyl groups is 1. The molecule has 1 aliphatic rings. The van der Waals surface area contributed by atoms with Crippen LogP contribution in [0.1, 0.15) is 30.6 Å². The van der Waals surface area contributed by atoms with Gasteiger partial charge in [-0.3, -0.25) is 9.69 Å². The van der Waals surface area contributed by atoms with Crippen LogP contribution in [0.2, 0.25) is 0 Å². The molecule has 1 aromatic carbocycles. The Kier molecular flexibility index (Phi) is 4.07. The Hall–Kier alpha value is -1.59. The number of methoxy groups -OCH3 is 1. The predicted molar refractivity (Wildman–Crippen MR) is 70.2 cm³/mol. The first-order valence-electron chi connectivity index (χ1n) is 6.31. The summed E-state index contributed by atoms with van der Waals surface area (Å²) in [5.41, 5.74) is 1.66. The van der Waals surface area contributed by atoms with Gasteiger partial charge in [-0.25, -0.2) is 0 Å². The number of phenols is 1. The van der Waals surface area contributed by atoms with Crippen LogP contribution in [0.5, 0.6) is 11.5 Å². The molecule has 5 nitrogen and oxygen atoms in total. The first kappa shape index (κ1) is 13.8. The number of β-amino-alcohol motifs (C(OH)–C–C–N with tert-alkyl or cyclic N) is 1. The smallest absolute Gasteiger partial charge is 0.160 e. The fraction of sp³-hybridized carbons (Fsp3) is 0.500. The predicted octanol–water partition coefficient (Wildman–Crippen LogP) is 1.23. The van der Waals surface area contributed by atoms with Gasteiger partial charge < -0.3 is 14.9 Å². The summed E-state index contributed by atoms with van der Waals surface area (Å²) in [6.07, 6.45) is -0.144. The maximum absolute atomic E-state index is 11.0. The fourth-order valence-electron chi connectivity index (χ4n) is 2.37. The van der Waals surface area contributed by atoms with E-state index in [4.69, 9.17) is 4.74 Å². The number of aliphatic hydroxyl groups is 1. The molecule has 5 heteroatoms. The molecular formula is C14H19NO4. The molecule has 0 radical (unpaired) electrons. The number of Topliss-reactive ketones (excluding diaryl/α,β-unsaturated/α-hetero) is 1. The quantitative estimate of drug-likeness (QED) is 0.857. The minimum absolute atomic E-state index is 0.0712. The number of ketones is 1. The summed E-state index contributed by atoms with van der Waals surface area (Å²) in [5.74, 6) is 0.578. The molecule has 104 valence electrons. The molecule has 0 amide bonds. The van der Waals surface area contributed by atoms with Gasteiger partial charge in [0.15, 0.2) is 11.5 Å². The molecule has 0 spiro atoms. The van der Waals surface area contributed by atoms with Crippen LogP contribution in [-0.4, -0.2) is 41.1 Å². The Morgan fingerprint density at radius 3 is 2.89 bits per heavy atom. The van der Waals surface area contributed by atoms with Crippen LogP contribution in [0, 0.1) is 0 Å². The molecule has 0 saturated heterocycles.